The molecule has 0 aliphatic rings. The van der Waals surface area contributed by atoms with Gasteiger partial charge in [-0.25, -0.2) is 4.98 Å². The molecule has 2 rings (SSSR count). The van der Waals surface area contributed by atoms with Crippen molar-refractivity contribution in [3.63, 3.8) is 0 Å². The van der Waals surface area contributed by atoms with Crippen LogP contribution >= 0.6 is 0 Å². The lowest BCUT2D eigenvalue weighted by molar-refractivity contribution is -0.143. The number of hydrogen-bond donors (Lipinski definition) is 0. The summed E-state index contributed by atoms with van der Waals surface area (Å²) in [6.07, 6.45) is -6.99. The maximum atomic E-state index is 12.7. The second-order valence-corrected chi connectivity index (χ2v) is 4.16. The molecule has 0 bridgehead atoms. The summed E-state index contributed by atoms with van der Waals surface area (Å²) in [7, 11) is 1.48. The van der Waals surface area contributed by atoms with E-state index >= 15 is 0 Å². The summed E-state index contributed by atoms with van der Waals surface area (Å²) in [5.74, 6) is 0.0293. The van der Waals surface area contributed by atoms with Crippen molar-refractivity contribution in [1.82, 2.24) is 9.55 Å². The van der Waals surface area contributed by atoms with Crippen molar-refractivity contribution in [3.8, 4) is 11.4 Å². The molecular weight excluding hydrogens is 286 g/mol. The van der Waals surface area contributed by atoms with E-state index in [2.05, 4.69) is 4.98 Å². The van der Waals surface area contributed by atoms with Crippen LogP contribution in [-0.2, 0) is 19.4 Å². The molecular formula is C12H8F6N2. The molecule has 0 saturated heterocycles. The number of aryl methyl sites for hydroxylation is 1. The van der Waals surface area contributed by atoms with Crippen LogP contribution in [0.25, 0.3) is 11.4 Å². The number of halogens is 6. The molecule has 108 valence electrons. The molecule has 1 heterocycles. The number of benzene rings is 1. The van der Waals surface area contributed by atoms with Gasteiger partial charge in [0.05, 0.1) is 11.1 Å². The molecule has 0 spiro atoms. The molecule has 0 aliphatic heterocycles. The van der Waals surface area contributed by atoms with Gasteiger partial charge in [-0.15, -0.1) is 0 Å². The minimum atomic E-state index is -4.86. The van der Waals surface area contributed by atoms with Gasteiger partial charge in [0.2, 0.25) is 0 Å². The van der Waals surface area contributed by atoms with Crippen LogP contribution in [0.1, 0.15) is 11.1 Å². The van der Waals surface area contributed by atoms with E-state index in [9.17, 15) is 26.3 Å². The quantitative estimate of drug-likeness (QED) is 0.723. The fourth-order valence-electron chi connectivity index (χ4n) is 1.73. The number of aromatic nitrogens is 2. The van der Waals surface area contributed by atoms with Crippen LogP contribution in [0.2, 0.25) is 0 Å². The van der Waals surface area contributed by atoms with Crippen molar-refractivity contribution in [3.05, 3.63) is 41.7 Å². The first kappa shape index (κ1) is 14.4. The van der Waals surface area contributed by atoms with E-state index in [0.29, 0.717) is 12.1 Å². The van der Waals surface area contributed by atoms with E-state index in [4.69, 9.17) is 0 Å². The van der Waals surface area contributed by atoms with E-state index in [-0.39, 0.29) is 17.5 Å². The Bertz CT molecular complexity index is 591. The second-order valence-electron chi connectivity index (χ2n) is 4.16. The lowest BCUT2D eigenvalue weighted by atomic mass is 10.0. The molecule has 1 aromatic carbocycles. The Labute approximate surface area is 109 Å². The molecule has 8 heteroatoms. The van der Waals surface area contributed by atoms with Crippen molar-refractivity contribution in [2.24, 2.45) is 7.05 Å². The zero-order chi connectivity index (χ0) is 15.1. The number of nitrogens with zero attached hydrogens (tertiary/aromatic N) is 2. The highest BCUT2D eigenvalue weighted by Crippen LogP contribution is 2.38. The third kappa shape index (κ3) is 2.78. The molecule has 0 unspecified atom stereocenters. The lowest BCUT2D eigenvalue weighted by Crippen LogP contribution is -2.11. The molecule has 2 aromatic rings. The summed E-state index contributed by atoms with van der Waals surface area (Å²) < 4.78 is 77.4. The maximum absolute atomic E-state index is 12.7. The largest absolute Gasteiger partial charge is 0.416 e. The van der Waals surface area contributed by atoms with Crippen LogP contribution in [0, 0.1) is 0 Å². The van der Waals surface area contributed by atoms with Gasteiger partial charge in [-0.05, 0) is 18.2 Å². The molecule has 1 aromatic heterocycles. The van der Waals surface area contributed by atoms with Gasteiger partial charge >= 0.3 is 12.4 Å². The van der Waals surface area contributed by atoms with Crippen LogP contribution in [-0.4, -0.2) is 9.55 Å². The van der Waals surface area contributed by atoms with Crippen LogP contribution < -0.4 is 0 Å². The summed E-state index contributed by atoms with van der Waals surface area (Å²) in [5, 5.41) is 0. The van der Waals surface area contributed by atoms with Crippen LogP contribution in [0.5, 0.6) is 0 Å². The Kier molecular flexibility index (Phi) is 3.27. The van der Waals surface area contributed by atoms with Gasteiger partial charge in [-0.3, -0.25) is 0 Å². The molecule has 2 nitrogen and oxygen atoms in total. The predicted octanol–water partition coefficient (Wildman–Crippen LogP) is 4.12. The maximum Gasteiger partial charge on any atom is 0.416 e. The molecule has 0 amide bonds. The summed E-state index contributed by atoms with van der Waals surface area (Å²) >= 11 is 0. The number of hydrogen-bond acceptors (Lipinski definition) is 1. The second kappa shape index (κ2) is 4.53. The van der Waals surface area contributed by atoms with Gasteiger partial charge in [0.25, 0.3) is 0 Å². The van der Waals surface area contributed by atoms with Gasteiger partial charge < -0.3 is 4.57 Å². The monoisotopic (exact) mass is 294 g/mol. The fraction of sp³-hybridized carbons (Fsp3) is 0.250. The first-order valence-corrected chi connectivity index (χ1v) is 5.36. The van der Waals surface area contributed by atoms with Gasteiger partial charge in [-0.1, -0.05) is 0 Å². The zero-order valence-corrected chi connectivity index (χ0v) is 10.0. The van der Waals surface area contributed by atoms with E-state index < -0.39 is 23.5 Å². The van der Waals surface area contributed by atoms with Crippen molar-refractivity contribution >= 4 is 0 Å². The Morgan fingerprint density at radius 2 is 1.40 bits per heavy atom. The average Bonchev–Trinajstić information content (AvgIpc) is 2.72. The molecule has 20 heavy (non-hydrogen) atoms. The highest BCUT2D eigenvalue weighted by molar-refractivity contribution is 5.59. The number of rotatable bonds is 1. The highest BCUT2D eigenvalue weighted by atomic mass is 19.4. The Balaban J connectivity index is 2.67. The van der Waals surface area contributed by atoms with Crippen LogP contribution in [0.3, 0.4) is 0 Å². The number of imidazole rings is 1. The highest BCUT2D eigenvalue weighted by Gasteiger charge is 2.37. The summed E-state index contributed by atoms with van der Waals surface area (Å²) in [4.78, 5) is 3.76. The number of alkyl halides is 6. The fourth-order valence-corrected chi connectivity index (χ4v) is 1.73. The summed E-state index contributed by atoms with van der Waals surface area (Å²) in [5.41, 5.74) is -2.95. The van der Waals surface area contributed by atoms with E-state index in [0.717, 1.165) is 0 Å². The van der Waals surface area contributed by atoms with E-state index in [1.807, 2.05) is 0 Å². The van der Waals surface area contributed by atoms with Gasteiger partial charge in [0, 0.05) is 25.0 Å². The normalized spacial score (nSPS) is 12.8. The van der Waals surface area contributed by atoms with Crippen LogP contribution in [0.15, 0.2) is 30.6 Å². The van der Waals surface area contributed by atoms with Crippen molar-refractivity contribution in [2.75, 3.05) is 0 Å². The molecule has 0 fully saturated rings. The Hall–Kier alpha value is -1.99. The third-order valence-electron chi connectivity index (χ3n) is 2.67. The SMILES string of the molecule is Cn1ccnc1-c1cc(C(F)(F)F)cc(C(F)(F)F)c1. The van der Waals surface area contributed by atoms with Crippen LogP contribution in [0.4, 0.5) is 26.3 Å². The van der Waals surface area contributed by atoms with Crippen molar-refractivity contribution in [1.29, 1.82) is 0 Å². The first-order chi connectivity index (χ1) is 9.09. The molecule has 0 radical (unpaired) electrons. The molecule has 0 atom stereocenters. The van der Waals surface area contributed by atoms with Crippen molar-refractivity contribution < 1.29 is 26.3 Å². The Morgan fingerprint density at radius 1 is 0.900 bits per heavy atom. The first-order valence-electron chi connectivity index (χ1n) is 5.36. The lowest BCUT2D eigenvalue weighted by Gasteiger charge is -2.14. The third-order valence-corrected chi connectivity index (χ3v) is 2.67. The topological polar surface area (TPSA) is 17.8 Å². The Morgan fingerprint density at radius 3 is 1.75 bits per heavy atom. The van der Waals surface area contributed by atoms with Gasteiger partial charge in [0.1, 0.15) is 5.82 Å². The zero-order valence-electron chi connectivity index (χ0n) is 10.0. The molecule has 0 aliphatic carbocycles. The summed E-state index contributed by atoms with van der Waals surface area (Å²) in [6, 6.07) is 1.39. The minimum absolute atomic E-state index is 0.0293. The molecule has 0 N–H and O–H groups in total. The van der Waals surface area contributed by atoms with Gasteiger partial charge in [0.15, 0.2) is 0 Å². The van der Waals surface area contributed by atoms with E-state index in [1.54, 1.807) is 0 Å². The summed E-state index contributed by atoms with van der Waals surface area (Å²) in [6.45, 7) is 0. The standard InChI is InChI=1S/C12H8F6N2/c1-20-3-2-19-10(20)7-4-8(11(13,14)15)6-9(5-7)12(16,17)18/h2-6H,1H3. The smallest absolute Gasteiger partial charge is 0.334 e. The average molecular weight is 294 g/mol. The minimum Gasteiger partial charge on any atom is -0.334 e. The van der Waals surface area contributed by atoms with Gasteiger partial charge in [-0.2, -0.15) is 26.3 Å². The van der Waals surface area contributed by atoms with E-state index in [1.165, 1.54) is 24.0 Å². The molecule has 0 saturated carbocycles. The predicted molar refractivity (Wildman–Crippen MR) is 58.6 cm³/mol. The van der Waals surface area contributed by atoms with Crippen molar-refractivity contribution in [2.45, 2.75) is 12.4 Å².